The molecule has 0 spiro atoms. The van der Waals surface area contributed by atoms with E-state index in [1.54, 1.807) is 30.9 Å². The molecule has 1 aliphatic carbocycles. The average molecular weight is 545 g/mol. The van der Waals surface area contributed by atoms with Crippen molar-refractivity contribution in [3.63, 3.8) is 0 Å². The molecule has 1 saturated carbocycles. The smallest absolute Gasteiger partial charge is 0.265 e. The highest BCUT2D eigenvalue weighted by atomic mass is 16.2. The van der Waals surface area contributed by atoms with Gasteiger partial charge in [0.25, 0.3) is 11.5 Å². The van der Waals surface area contributed by atoms with Crippen molar-refractivity contribution in [2.75, 3.05) is 63.6 Å². The van der Waals surface area contributed by atoms with Crippen LogP contribution >= 0.6 is 0 Å². The van der Waals surface area contributed by atoms with Gasteiger partial charge in [0.2, 0.25) is 5.95 Å². The second kappa shape index (κ2) is 11.5. The molecule has 212 valence electrons. The Morgan fingerprint density at radius 2 is 1.68 bits per heavy atom. The number of rotatable bonds is 6. The number of hydrogen-bond acceptors (Lipinski definition) is 8. The topological polar surface area (TPSA) is 98.6 Å². The lowest BCUT2D eigenvalue weighted by Gasteiger charge is -2.41. The number of hydrogen-bond donors (Lipinski definition) is 2. The number of anilines is 3. The lowest BCUT2D eigenvalue weighted by molar-refractivity contribution is 0.0825. The number of piperazine rings is 1. The molecule has 6 rings (SSSR count). The van der Waals surface area contributed by atoms with E-state index in [2.05, 4.69) is 49.7 Å². The molecule has 0 radical (unpaired) electrons. The zero-order valence-electron chi connectivity index (χ0n) is 23.6. The number of carbonyl (C=O) groups is 1. The number of amides is 1. The number of fused-ring (bicyclic) bond motifs is 1. The van der Waals surface area contributed by atoms with E-state index in [0.29, 0.717) is 23.0 Å². The van der Waals surface area contributed by atoms with Crippen molar-refractivity contribution in [3.8, 4) is 0 Å². The van der Waals surface area contributed by atoms with Crippen LogP contribution in [0.3, 0.4) is 0 Å². The van der Waals surface area contributed by atoms with Crippen LogP contribution in [-0.4, -0.2) is 89.6 Å². The molecule has 2 aromatic heterocycles. The minimum atomic E-state index is -0.297. The van der Waals surface area contributed by atoms with E-state index in [-0.39, 0.29) is 23.1 Å². The highest BCUT2D eigenvalue weighted by Crippen LogP contribution is 2.31. The molecule has 0 unspecified atom stereocenters. The molecule has 3 fully saturated rings. The lowest BCUT2D eigenvalue weighted by atomic mass is 10.0. The SMILES string of the molecule is CN(C)C(=O)c1cc2cnc(Nc3ccc(N4CCC(N5CCNCC5)CC4)cc3)nc2n(C2CCCC2)c1=O. The van der Waals surface area contributed by atoms with Crippen molar-refractivity contribution < 1.29 is 4.79 Å². The van der Waals surface area contributed by atoms with Gasteiger partial charge in [-0.1, -0.05) is 12.8 Å². The molecule has 3 aromatic rings. The Morgan fingerprint density at radius 1 is 0.975 bits per heavy atom. The molecule has 1 aromatic carbocycles. The van der Waals surface area contributed by atoms with Crippen molar-refractivity contribution in [2.45, 2.75) is 50.6 Å². The standard InChI is InChI=1S/C30H40N8O2/c1-35(2)28(39)26-19-21-20-32-30(34-27(21)38(29(26)40)25-5-3-4-6-25)33-22-7-9-23(10-8-22)36-15-11-24(12-16-36)37-17-13-31-14-18-37/h7-10,19-20,24-25,31H,3-6,11-18H2,1-2H3,(H,32,33,34). The number of carbonyl (C=O) groups excluding carboxylic acids is 1. The van der Waals surface area contributed by atoms with Crippen LogP contribution in [-0.2, 0) is 0 Å². The van der Waals surface area contributed by atoms with Crippen LogP contribution in [0.15, 0.2) is 41.3 Å². The summed E-state index contributed by atoms with van der Waals surface area (Å²) in [6.07, 6.45) is 8.08. The van der Waals surface area contributed by atoms with Gasteiger partial charge in [0.1, 0.15) is 11.2 Å². The van der Waals surface area contributed by atoms with Gasteiger partial charge in [0.15, 0.2) is 0 Å². The number of nitrogens with zero attached hydrogens (tertiary/aromatic N) is 6. The van der Waals surface area contributed by atoms with Crippen LogP contribution < -0.4 is 21.1 Å². The summed E-state index contributed by atoms with van der Waals surface area (Å²) in [6.45, 7) is 6.68. The average Bonchev–Trinajstić information content (AvgIpc) is 3.52. The summed E-state index contributed by atoms with van der Waals surface area (Å²) in [5.74, 6) is 0.142. The molecule has 2 aliphatic heterocycles. The first-order valence-electron chi connectivity index (χ1n) is 14.7. The fourth-order valence-corrected chi connectivity index (χ4v) is 6.50. The summed E-state index contributed by atoms with van der Waals surface area (Å²) in [5, 5.41) is 7.47. The Hall–Kier alpha value is -3.50. The van der Waals surface area contributed by atoms with Crippen molar-refractivity contribution in [1.29, 1.82) is 0 Å². The summed E-state index contributed by atoms with van der Waals surface area (Å²) in [5.41, 5.74) is 2.60. The number of aromatic nitrogens is 3. The van der Waals surface area contributed by atoms with E-state index < -0.39 is 0 Å². The molecular weight excluding hydrogens is 504 g/mol. The van der Waals surface area contributed by atoms with Crippen LogP contribution in [0.2, 0.25) is 0 Å². The van der Waals surface area contributed by atoms with Crippen molar-refractivity contribution in [3.05, 3.63) is 52.4 Å². The molecule has 2 saturated heterocycles. The normalized spacial score (nSPS) is 19.3. The van der Waals surface area contributed by atoms with Gasteiger partial charge in [-0.3, -0.25) is 19.1 Å². The van der Waals surface area contributed by atoms with E-state index in [0.717, 1.165) is 70.6 Å². The van der Waals surface area contributed by atoms with E-state index in [1.807, 2.05) is 0 Å². The van der Waals surface area contributed by atoms with Gasteiger partial charge in [-0.05, 0) is 56.0 Å². The van der Waals surface area contributed by atoms with Gasteiger partial charge in [-0.15, -0.1) is 0 Å². The Kier molecular flexibility index (Phi) is 7.71. The Labute approximate surface area is 235 Å². The molecule has 1 amide bonds. The van der Waals surface area contributed by atoms with Gasteiger partial charge in [-0.25, -0.2) is 4.98 Å². The third kappa shape index (κ3) is 5.42. The molecule has 10 heteroatoms. The molecule has 3 aliphatic rings. The van der Waals surface area contributed by atoms with E-state index in [9.17, 15) is 9.59 Å². The van der Waals surface area contributed by atoms with Crippen LogP contribution in [0.25, 0.3) is 11.0 Å². The first kappa shape index (κ1) is 26.7. The number of nitrogens with one attached hydrogen (secondary N) is 2. The quantitative estimate of drug-likeness (QED) is 0.488. The summed E-state index contributed by atoms with van der Waals surface area (Å²) in [6, 6.07) is 10.8. The van der Waals surface area contributed by atoms with Gasteiger partial charge in [0.05, 0.1) is 0 Å². The predicted octanol–water partition coefficient (Wildman–Crippen LogP) is 3.23. The minimum absolute atomic E-state index is 0.0441. The maximum absolute atomic E-state index is 13.5. The Morgan fingerprint density at radius 3 is 2.35 bits per heavy atom. The van der Waals surface area contributed by atoms with Gasteiger partial charge in [0, 0.05) is 88.4 Å². The van der Waals surface area contributed by atoms with Crippen molar-refractivity contribution in [1.82, 2.24) is 29.7 Å². The van der Waals surface area contributed by atoms with Crippen molar-refractivity contribution >= 4 is 34.3 Å². The predicted molar refractivity (Wildman–Crippen MR) is 159 cm³/mol. The largest absolute Gasteiger partial charge is 0.371 e. The summed E-state index contributed by atoms with van der Waals surface area (Å²) < 4.78 is 1.74. The summed E-state index contributed by atoms with van der Waals surface area (Å²) >= 11 is 0. The molecule has 10 nitrogen and oxygen atoms in total. The molecular formula is C30H40N8O2. The van der Waals surface area contributed by atoms with E-state index in [4.69, 9.17) is 4.98 Å². The van der Waals surface area contributed by atoms with Crippen molar-refractivity contribution in [2.24, 2.45) is 0 Å². The summed E-state index contributed by atoms with van der Waals surface area (Å²) in [7, 11) is 3.33. The highest BCUT2D eigenvalue weighted by Gasteiger charge is 2.27. The second-order valence-electron chi connectivity index (χ2n) is 11.5. The molecule has 40 heavy (non-hydrogen) atoms. The van der Waals surface area contributed by atoms with E-state index in [1.165, 1.54) is 23.4 Å². The zero-order valence-corrected chi connectivity index (χ0v) is 23.6. The lowest BCUT2D eigenvalue weighted by Crippen LogP contribution is -2.52. The minimum Gasteiger partial charge on any atom is -0.371 e. The Bertz CT molecular complexity index is 1400. The van der Waals surface area contributed by atoms with Gasteiger partial charge >= 0.3 is 0 Å². The highest BCUT2D eigenvalue weighted by molar-refractivity contribution is 5.96. The number of benzene rings is 1. The molecule has 0 atom stereocenters. The Balaban J connectivity index is 1.19. The van der Waals surface area contributed by atoms with Crippen LogP contribution in [0, 0.1) is 0 Å². The fourth-order valence-electron chi connectivity index (χ4n) is 6.50. The third-order valence-corrected chi connectivity index (χ3v) is 8.72. The van der Waals surface area contributed by atoms with Crippen LogP contribution in [0.5, 0.6) is 0 Å². The maximum Gasteiger partial charge on any atom is 0.265 e. The monoisotopic (exact) mass is 544 g/mol. The van der Waals surface area contributed by atoms with Crippen LogP contribution in [0.4, 0.5) is 17.3 Å². The number of piperidine rings is 1. The van der Waals surface area contributed by atoms with Crippen LogP contribution in [0.1, 0.15) is 54.9 Å². The first-order valence-corrected chi connectivity index (χ1v) is 14.7. The van der Waals surface area contributed by atoms with Gasteiger partial charge < -0.3 is 20.4 Å². The maximum atomic E-state index is 13.5. The number of pyridine rings is 1. The fraction of sp³-hybridized carbons (Fsp3) is 0.533. The summed E-state index contributed by atoms with van der Waals surface area (Å²) in [4.78, 5) is 42.2. The van der Waals surface area contributed by atoms with E-state index >= 15 is 0 Å². The molecule has 2 N–H and O–H groups in total. The van der Waals surface area contributed by atoms with Gasteiger partial charge in [-0.2, -0.15) is 4.98 Å². The zero-order chi connectivity index (χ0) is 27.6. The molecule has 4 heterocycles. The first-order chi connectivity index (χ1) is 19.5. The molecule has 0 bridgehead atoms. The third-order valence-electron chi connectivity index (χ3n) is 8.72. The second-order valence-corrected chi connectivity index (χ2v) is 11.5.